The minimum atomic E-state index is -1.12. The lowest BCUT2D eigenvalue weighted by Gasteiger charge is -2.56. The Bertz CT molecular complexity index is 703. The molecule has 5 rings (SSSR count). The van der Waals surface area contributed by atoms with Crippen LogP contribution in [-0.2, 0) is 14.3 Å². The number of rotatable bonds is 6. The molecule has 5 fully saturated rings. The van der Waals surface area contributed by atoms with Crippen LogP contribution in [0.25, 0.3) is 0 Å². The van der Waals surface area contributed by atoms with E-state index in [1.165, 1.54) is 0 Å². The van der Waals surface area contributed by atoms with Crippen LogP contribution < -0.4 is 10.6 Å². The Labute approximate surface area is 193 Å². The van der Waals surface area contributed by atoms with Gasteiger partial charge in [-0.3, -0.25) is 9.59 Å². The molecule has 32 heavy (non-hydrogen) atoms. The summed E-state index contributed by atoms with van der Waals surface area (Å²) in [5, 5.41) is 16.5. The van der Waals surface area contributed by atoms with Gasteiger partial charge in [-0.25, -0.2) is 8.78 Å². The first-order valence-corrected chi connectivity index (χ1v) is 12.5. The van der Waals surface area contributed by atoms with Crippen molar-refractivity contribution in [2.75, 3.05) is 6.61 Å². The molecule has 0 aromatic heterocycles. The molecule has 5 aliphatic carbocycles. The Kier molecular flexibility index (Phi) is 7.32. The summed E-state index contributed by atoms with van der Waals surface area (Å²) in [6, 6.07) is 0. The van der Waals surface area contributed by atoms with Crippen molar-refractivity contribution >= 4 is 23.4 Å². The van der Waals surface area contributed by atoms with Gasteiger partial charge in [-0.05, 0) is 70.6 Å². The van der Waals surface area contributed by atoms with Crippen LogP contribution >= 0.6 is 11.6 Å². The quantitative estimate of drug-likeness (QED) is 0.514. The molecule has 0 radical (unpaired) electrons. The van der Waals surface area contributed by atoms with Crippen molar-refractivity contribution in [2.45, 2.75) is 118 Å². The Morgan fingerprint density at radius 3 is 2.44 bits per heavy atom. The highest BCUT2D eigenvalue weighted by Crippen LogP contribution is 2.47. The van der Waals surface area contributed by atoms with Gasteiger partial charge in [0.1, 0.15) is 19.0 Å². The number of carbonyl (C=O) groups excluding carboxylic acids is 2. The van der Waals surface area contributed by atoms with Crippen LogP contribution in [0.5, 0.6) is 0 Å². The number of alkyl halides is 3. The Hall–Kier alpha value is -0.990. The highest BCUT2D eigenvalue weighted by Gasteiger charge is 2.55. The summed E-state index contributed by atoms with van der Waals surface area (Å²) in [5.41, 5.74) is -1.21. The molecule has 0 aromatic rings. The zero-order valence-corrected chi connectivity index (χ0v) is 19.2. The molecule has 0 aromatic carbocycles. The van der Waals surface area contributed by atoms with Crippen LogP contribution in [0.2, 0.25) is 0 Å². The molecule has 2 amide bonds. The number of ether oxygens (including phenoxy) is 1. The summed E-state index contributed by atoms with van der Waals surface area (Å²) < 4.78 is 33.1. The summed E-state index contributed by atoms with van der Waals surface area (Å²) in [5.74, 6) is -0.722. The molecule has 9 heteroatoms. The molecule has 6 atom stereocenters. The first kappa shape index (κ1) is 24.1. The fourth-order valence-electron chi connectivity index (χ4n) is 6.09. The second-order valence-electron chi connectivity index (χ2n) is 10.4. The number of amides is 2. The summed E-state index contributed by atoms with van der Waals surface area (Å²) >= 11 is 5.89. The maximum Gasteiger partial charge on any atom is 0.246 e. The summed E-state index contributed by atoms with van der Waals surface area (Å²) in [6.45, 7) is -0.174. The molecule has 0 saturated heterocycles. The van der Waals surface area contributed by atoms with Crippen LogP contribution in [-0.4, -0.2) is 64.5 Å². The van der Waals surface area contributed by atoms with Crippen molar-refractivity contribution in [3.05, 3.63) is 0 Å². The third-order valence-corrected chi connectivity index (χ3v) is 8.67. The Balaban J connectivity index is 1.26. The third kappa shape index (κ3) is 5.22. The molecule has 3 N–H and O–H groups in total. The molecule has 6 nitrogen and oxygen atoms in total. The van der Waals surface area contributed by atoms with Gasteiger partial charge in [0, 0.05) is 17.9 Å². The van der Waals surface area contributed by atoms with E-state index in [0.717, 1.165) is 6.42 Å². The highest BCUT2D eigenvalue weighted by atomic mass is 35.5. The van der Waals surface area contributed by atoms with E-state index in [4.69, 9.17) is 16.3 Å². The lowest BCUT2D eigenvalue weighted by Crippen LogP contribution is -2.70. The van der Waals surface area contributed by atoms with Crippen molar-refractivity contribution in [1.82, 2.24) is 10.6 Å². The van der Waals surface area contributed by atoms with Gasteiger partial charge in [0.15, 0.2) is 0 Å². The van der Waals surface area contributed by atoms with Crippen molar-refractivity contribution in [1.29, 1.82) is 0 Å². The van der Waals surface area contributed by atoms with Gasteiger partial charge in [-0.1, -0.05) is 0 Å². The Morgan fingerprint density at radius 2 is 1.78 bits per heavy atom. The van der Waals surface area contributed by atoms with E-state index in [1.807, 2.05) is 0 Å². The first-order chi connectivity index (χ1) is 15.2. The predicted molar refractivity (Wildman–Crippen MR) is 116 cm³/mol. The number of nitrogens with one attached hydrogen (secondary N) is 2. The van der Waals surface area contributed by atoms with E-state index in [1.54, 1.807) is 0 Å². The third-order valence-electron chi connectivity index (χ3n) is 8.17. The number of hydrogen-bond acceptors (Lipinski definition) is 4. The number of aliphatic hydroxyl groups excluding tert-OH is 1. The monoisotopic (exact) mass is 476 g/mol. The number of carbonyl (C=O) groups is 2. The van der Waals surface area contributed by atoms with Crippen LogP contribution in [0.3, 0.4) is 0 Å². The van der Waals surface area contributed by atoms with Crippen molar-refractivity contribution in [3.8, 4) is 0 Å². The van der Waals surface area contributed by atoms with Crippen LogP contribution in [0.1, 0.15) is 77.0 Å². The summed E-state index contributed by atoms with van der Waals surface area (Å²) in [6.07, 6.45) is 3.26. The number of halogens is 3. The van der Waals surface area contributed by atoms with Gasteiger partial charge >= 0.3 is 0 Å². The molecule has 182 valence electrons. The van der Waals surface area contributed by atoms with E-state index < -0.39 is 34.9 Å². The highest BCUT2D eigenvalue weighted by molar-refractivity contribution is 6.21. The molecular formula is C23H35ClF2N2O4. The average Bonchev–Trinajstić information content (AvgIpc) is 2.76. The maximum atomic E-state index is 13.8. The minimum Gasteiger partial charge on any atom is -0.391 e. The molecule has 5 unspecified atom stereocenters. The topological polar surface area (TPSA) is 87.7 Å². The van der Waals surface area contributed by atoms with Crippen LogP contribution in [0.15, 0.2) is 0 Å². The molecular weight excluding hydrogens is 442 g/mol. The van der Waals surface area contributed by atoms with Crippen LogP contribution in [0, 0.1) is 5.92 Å². The van der Waals surface area contributed by atoms with Gasteiger partial charge in [0.05, 0.1) is 23.1 Å². The second-order valence-corrected chi connectivity index (χ2v) is 11.0. The standard InChI is InChI=1S/C23H35ClF2N2O4/c24-17-5-4-16(11-18(17)26)32-13-20(30)27-23-8-6-22(7-9-23,12-19(23)29)28-21(31)14-2-1-3-15(25)10-14/h14-19,29H,1-13H2,(H,27,30)(H,28,31)/t14?,15?,16?,17?,18?,19-,22?,23?/m0/s1. The molecule has 5 aliphatic rings. The summed E-state index contributed by atoms with van der Waals surface area (Å²) in [7, 11) is 0. The molecule has 2 bridgehead atoms. The maximum absolute atomic E-state index is 13.8. The minimum absolute atomic E-state index is 0.107. The fourth-order valence-corrected chi connectivity index (χ4v) is 6.32. The zero-order valence-electron chi connectivity index (χ0n) is 18.5. The van der Waals surface area contributed by atoms with E-state index in [-0.39, 0.29) is 43.3 Å². The van der Waals surface area contributed by atoms with Gasteiger partial charge in [0.2, 0.25) is 11.8 Å². The molecule has 0 spiro atoms. The van der Waals surface area contributed by atoms with Gasteiger partial charge < -0.3 is 20.5 Å². The largest absolute Gasteiger partial charge is 0.391 e. The fraction of sp³-hybridized carbons (Fsp3) is 0.913. The van der Waals surface area contributed by atoms with Crippen molar-refractivity contribution in [3.63, 3.8) is 0 Å². The van der Waals surface area contributed by atoms with E-state index in [9.17, 15) is 23.5 Å². The zero-order chi connectivity index (χ0) is 22.9. The van der Waals surface area contributed by atoms with Gasteiger partial charge in [-0.2, -0.15) is 0 Å². The lowest BCUT2D eigenvalue weighted by molar-refractivity contribution is -0.141. The second kappa shape index (κ2) is 9.71. The number of fused-ring (bicyclic) bond motifs is 3. The predicted octanol–water partition coefficient (Wildman–Crippen LogP) is 3.08. The van der Waals surface area contributed by atoms with Crippen molar-refractivity contribution in [2.24, 2.45) is 5.92 Å². The summed E-state index contributed by atoms with van der Waals surface area (Å²) in [4.78, 5) is 25.3. The lowest BCUT2D eigenvalue weighted by atomic mass is 9.59. The van der Waals surface area contributed by atoms with Gasteiger partial charge in [0.25, 0.3) is 0 Å². The Morgan fingerprint density at radius 1 is 1.03 bits per heavy atom. The van der Waals surface area contributed by atoms with Crippen LogP contribution in [0.4, 0.5) is 8.78 Å². The molecule has 0 aliphatic heterocycles. The van der Waals surface area contributed by atoms with E-state index in [0.29, 0.717) is 57.8 Å². The first-order valence-electron chi connectivity index (χ1n) is 12.1. The van der Waals surface area contributed by atoms with E-state index >= 15 is 0 Å². The number of aliphatic hydroxyl groups is 1. The SMILES string of the molecule is O=C(COC1CCC(Cl)C(F)C1)NC12CCC(NC(=O)C3CCCC(F)C3)(CC1)C[C@@H]2O. The average molecular weight is 477 g/mol. The van der Waals surface area contributed by atoms with E-state index in [2.05, 4.69) is 10.6 Å². The molecule has 0 heterocycles. The molecule has 5 saturated carbocycles. The van der Waals surface area contributed by atoms with Gasteiger partial charge in [-0.15, -0.1) is 11.6 Å². The van der Waals surface area contributed by atoms with Crippen molar-refractivity contribution < 1.29 is 28.2 Å². The normalized spacial score (nSPS) is 44.1. The smallest absolute Gasteiger partial charge is 0.246 e. The number of hydrogen-bond donors (Lipinski definition) is 3.